The van der Waals surface area contributed by atoms with Crippen LogP contribution in [0.5, 0.6) is 5.75 Å². The molecule has 36 heavy (non-hydrogen) atoms. The van der Waals surface area contributed by atoms with Crippen LogP contribution in [0.3, 0.4) is 0 Å². The van der Waals surface area contributed by atoms with Gasteiger partial charge in [0.25, 0.3) is 5.91 Å². The third kappa shape index (κ3) is 6.69. The van der Waals surface area contributed by atoms with E-state index in [1.54, 1.807) is 59.5 Å². The Hall–Kier alpha value is -3.26. The van der Waals surface area contributed by atoms with E-state index in [0.29, 0.717) is 38.7 Å². The lowest BCUT2D eigenvalue weighted by atomic mass is 10.1. The number of amides is 3. The van der Waals surface area contributed by atoms with Crippen LogP contribution in [0.2, 0.25) is 15.1 Å². The van der Waals surface area contributed by atoms with Gasteiger partial charge >= 0.3 is 0 Å². The minimum Gasteiger partial charge on any atom is -0.484 e. The minimum absolute atomic E-state index is 0.128. The maximum absolute atomic E-state index is 12.6. The minimum atomic E-state index is -0.439. The number of hydrogen-bond acceptors (Lipinski definition) is 4. The average Bonchev–Trinajstić information content (AvgIpc) is 3.26. The molecule has 1 aliphatic heterocycles. The Labute approximate surface area is 223 Å². The highest BCUT2D eigenvalue weighted by Crippen LogP contribution is 2.28. The van der Waals surface area contributed by atoms with Crippen molar-refractivity contribution in [2.45, 2.75) is 13.0 Å². The van der Waals surface area contributed by atoms with E-state index in [9.17, 15) is 14.4 Å². The molecule has 3 aromatic rings. The van der Waals surface area contributed by atoms with Gasteiger partial charge in [0.1, 0.15) is 5.75 Å². The number of benzene rings is 3. The second-order valence-corrected chi connectivity index (χ2v) is 9.46. The molecule has 3 amide bonds. The topological polar surface area (TPSA) is 87.7 Å². The normalized spacial score (nSPS) is 15.0. The Bertz CT molecular complexity index is 1270. The number of ether oxygens (including phenoxy) is 1. The molecule has 4 rings (SSSR count). The van der Waals surface area contributed by atoms with Gasteiger partial charge in [-0.1, -0.05) is 46.9 Å². The van der Waals surface area contributed by atoms with Crippen LogP contribution in [-0.2, 0) is 20.9 Å². The van der Waals surface area contributed by atoms with Gasteiger partial charge < -0.3 is 20.3 Å². The van der Waals surface area contributed by atoms with Gasteiger partial charge in [-0.3, -0.25) is 14.4 Å². The highest BCUT2D eigenvalue weighted by Gasteiger charge is 2.35. The summed E-state index contributed by atoms with van der Waals surface area (Å²) in [4.78, 5) is 38.9. The first kappa shape index (κ1) is 25.8. The molecule has 1 fully saturated rings. The first-order chi connectivity index (χ1) is 17.3. The van der Waals surface area contributed by atoms with Crippen molar-refractivity contribution in [3.05, 3.63) is 87.4 Å². The number of hydrogen-bond donors (Lipinski definition) is 2. The van der Waals surface area contributed by atoms with Crippen LogP contribution in [0, 0.1) is 5.92 Å². The zero-order chi connectivity index (χ0) is 25.7. The molecule has 0 unspecified atom stereocenters. The molecule has 0 bridgehead atoms. The zero-order valence-electron chi connectivity index (χ0n) is 19.0. The summed E-state index contributed by atoms with van der Waals surface area (Å²) in [6.07, 6.45) is 0.138. The van der Waals surface area contributed by atoms with Crippen LogP contribution >= 0.6 is 34.8 Å². The molecule has 2 N–H and O–H groups in total. The molecule has 7 nitrogen and oxygen atoms in total. The fourth-order valence-electron chi connectivity index (χ4n) is 3.71. The number of rotatable bonds is 8. The Kier molecular flexibility index (Phi) is 8.36. The van der Waals surface area contributed by atoms with Crippen LogP contribution in [0.25, 0.3) is 0 Å². The van der Waals surface area contributed by atoms with E-state index in [1.165, 1.54) is 0 Å². The number of anilines is 2. The SMILES string of the molecule is O=C(COc1ccc(N2C[C@@H](C(=O)NCc3ccc(Cl)cc3)CC2=O)cc1)Nc1ccc(Cl)c(Cl)c1. The number of carbonyl (C=O) groups is 3. The van der Waals surface area contributed by atoms with Crippen LogP contribution < -0.4 is 20.3 Å². The van der Waals surface area contributed by atoms with Gasteiger partial charge in [-0.25, -0.2) is 0 Å². The van der Waals surface area contributed by atoms with Gasteiger partial charge in [-0.15, -0.1) is 0 Å². The van der Waals surface area contributed by atoms with Crippen molar-refractivity contribution >= 4 is 63.9 Å². The lowest BCUT2D eigenvalue weighted by Crippen LogP contribution is -2.32. The van der Waals surface area contributed by atoms with Crippen molar-refractivity contribution < 1.29 is 19.1 Å². The van der Waals surface area contributed by atoms with Crippen LogP contribution in [0.4, 0.5) is 11.4 Å². The van der Waals surface area contributed by atoms with Crippen molar-refractivity contribution in [3.63, 3.8) is 0 Å². The lowest BCUT2D eigenvalue weighted by Gasteiger charge is -2.17. The summed E-state index contributed by atoms with van der Waals surface area (Å²) >= 11 is 17.7. The molecular weight excluding hydrogens is 525 g/mol. The maximum atomic E-state index is 12.6. The lowest BCUT2D eigenvalue weighted by molar-refractivity contribution is -0.126. The Morgan fingerprint density at radius 1 is 0.944 bits per heavy atom. The highest BCUT2D eigenvalue weighted by atomic mass is 35.5. The van der Waals surface area contributed by atoms with Crippen LogP contribution in [0.15, 0.2) is 66.7 Å². The van der Waals surface area contributed by atoms with Gasteiger partial charge in [0, 0.05) is 35.9 Å². The molecule has 10 heteroatoms. The molecule has 1 saturated heterocycles. The monoisotopic (exact) mass is 545 g/mol. The highest BCUT2D eigenvalue weighted by molar-refractivity contribution is 6.42. The zero-order valence-corrected chi connectivity index (χ0v) is 21.2. The van der Waals surface area contributed by atoms with Crippen molar-refractivity contribution in [2.24, 2.45) is 5.92 Å². The summed E-state index contributed by atoms with van der Waals surface area (Å²) in [7, 11) is 0. The van der Waals surface area contributed by atoms with Crippen molar-refractivity contribution in [1.29, 1.82) is 0 Å². The summed E-state index contributed by atoms with van der Waals surface area (Å²) in [5, 5.41) is 6.92. The number of nitrogens with one attached hydrogen (secondary N) is 2. The third-order valence-corrected chi connectivity index (χ3v) is 6.59. The molecule has 0 radical (unpaired) electrons. The first-order valence-corrected chi connectivity index (χ1v) is 12.2. The molecule has 0 aromatic heterocycles. The van der Waals surface area contributed by atoms with Crippen molar-refractivity contribution in [1.82, 2.24) is 5.32 Å². The molecule has 1 heterocycles. The van der Waals surface area contributed by atoms with Gasteiger partial charge in [0.2, 0.25) is 11.8 Å². The summed E-state index contributed by atoms with van der Waals surface area (Å²) in [6, 6.07) is 18.8. The summed E-state index contributed by atoms with van der Waals surface area (Å²) < 4.78 is 5.53. The molecule has 0 saturated carbocycles. The maximum Gasteiger partial charge on any atom is 0.262 e. The van der Waals surface area contributed by atoms with Crippen LogP contribution in [0.1, 0.15) is 12.0 Å². The molecule has 1 atom stereocenters. The van der Waals surface area contributed by atoms with E-state index in [4.69, 9.17) is 39.5 Å². The van der Waals surface area contributed by atoms with E-state index in [-0.39, 0.29) is 37.3 Å². The van der Waals surface area contributed by atoms with E-state index in [0.717, 1.165) is 5.56 Å². The Balaban J connectivity index is 1.26. The smallest absolute Gasteiger partial charge is 0.262 e. The summed E-state index contributed by atoms with van der Waals surface area (Å²) in [5.74, 6) is -0.637. The molecular formula is C26H22Cl3N3O4. The standard InChI is InChI=1S/C26H22Cl3N3O4/c27-18-3-1-16(2-4-18)13-30-26(35)17-11-25(34)32(14-17)20-6-8-21(9-7-20)36-15-24(33)31-19-5-10-22(28)23(29)12-19/h1-10,12,17H,11,13-15H2,(H,30,35)(H,31,33)/t17-/m0/s1. The van der Waals surface area contributed by atoms with E-state index >= 15 is 0 Å². The van der Waals surface area contributed by atoms with Gasteiger partial charge in [-0.05, 0) is 60.2 Å². The first-order valence-electron chi connectivity index (χ1n) is 11.1. The largest absolute Gasteiger partial charge is 0.484 e. The predicted molar refractivity (Wildman–Crippen MR) is 141 cm³/mol. The number of nitrogens with zero attached hydrogens (tertiary/aromatic N) is 1. The molecule has 186 valence electrons. The molecule has 3 aromatic carbocycles. The van der Waals surface area contributed by atoms with Crippen molar-refractivity contribution in [3.8, 4) is 5.75 Å². The quantitative estimate of drug-likeness (QED) is 0.400. The predicted octanol–water partition coefficient (Wildman–Crippen LogP) is 5.33. The molecule has 1 aliphatic rings. The van der Waals surface area contributed by atoms with E-state index < -0.39 is 5.92 Å². The molecule has 0 aliphatic carbocycles. The van der Waals surface area contributed by atoms with Crippen LogP contribution in [-0.4, -0.2) is 30.9 Å². The Morgan fingerprint density at radius 3 is 2.36 bits per heavy atom. The fraction of sp³-hybridized carbons (Fsp3) is 0.192. The average molecular weight is 547 g/mol. The van der Waals surface area contributed by atoms with E-state index in [1.807, 2.05) is 12.1 Å². The second kappa shape index (κ2) is 11.6. The number of carbonyl (C=O) groups excluding carboxylic acids is 3. The van der Waals surface area contributed by atoms with Gasteiger partial charge in [0.05, 0.1) is 16.0 Å². The van der Waals surface area contributed by atoms with Gasteiger partial charge in [-0.2, -0.15) is 0 Å². The number of halogens is 3. The second-order valence-electron chi connectivity index (χ2n) is 8.21. The van der Waals surface area contributed by atoms with Crippen molar-refractivity contribution in [2.75, 3.05) is 23.4 Å². The van der Waals surface area contributed by atoms with Gasteiger partial charge in [0.15, 0.2) is 6.61 Å². The van der Waals surface area contributed by atoms with E-state index in [2.05, 4.69) is 10.6 Å². The fourth-order valence-corrected chi connectivity index (χ4v) is 4.13. The third-order valence-electron chi connectivity index (χ3n) is 5.60. The molecule has 0 spiro atoms. The Morgan fingerprint density at radius 2 is 1.67 bits per heavy atom. The summed E-state index contributed by atoms with van der Waals surface area (Å²) in [5.41, 5.74) is 2.09. The summed E-state index contributed by atoms with van der Waals surface area (Å²) in [6.45, 7) is 0.445.